The Kier molecular flexibility index (Phi) is 12.3. The summed E-state index contributed by atoms with van der Waals surface area (Å²) in [6.45, 7) is 2.52. The van der Waals surface area contributed by atoms with Gasteiger partial charge in [-0.2, -0.15) is 0 Å². The fourth-order valence-corrected chi connectivity index (χ4v) is 6.83. The molecule has 4 amide bonds. The maximum absolute atomic E-state index is 13.8. The van der Waals surface area contributed by atoms with Crippen LogP contribution in [0.2, 0.25) is 0 Å². The molecule has 4 aromatic carbocycles. The second-order valence-electron chi connectivity index (χ2n) is 14.7. The molecule has 7 aromatic rings. The van der Waals surface area contributed by atoms with Crippen molar-refractivity contribution in [3.05, 3.63) is 208 Å². The molecule has 0 radical (unpaired) electrons. The molecular weight excluding hydrogens is 769 g/mol. The van der Waals surface area contributed by atoms with E-state index in [1.54, 1.807) is 65.7 Å². The van der Waals surface area contributed by atoms with E-state index in [2.05, 4.69) is 46.4 Å². The predicted molar refractivity (Wildman–Crippen MR) is 227 cm³/mol. The molecule has 0 saturated carbocycles. The number of benzene rings is 4. The zero-order valence-corrected chi connectivity index (χ0v) is 33.1. The van der Waals surface area contributed by atoms with E-state index in [9.17, 15) is 19.2 Å². The first-order valence-electron chi connectivity index (χ1n) is 19.8. The number of carbonyl (C=O) groups excluding carboxylic acids is 4. The minimum absolute atomic E-state index is 0.220. The van der Waals surface area contributed by atoms with Crippen LogP contribution in [0.15, 0.2) is 146 Å². The van der Waals surface area contributed by atoms with Gasteiger partial charge in [-0.15, -0.1) is 5.10 Å². The zero-order valence-electron chi connectivity index (χ0n) is 33.1. The van der Waals surface area contributed by atoms with Crippen LogP contribution in [0, 0.1) is 0 Å². The van der Waals surface area contributed by atoms with Gasteiger partial charge < -0.3 is 21.3 Å². The summed E-state index contributed by atoms with van der Waals surface area (Å²) in [5.41, 5.74) is 7.62. The van der Waals surface area contributed by atoms with E-state index in [4.69, 9.17) is 0 Å². The molecule has 14 nitrogen and oxygen atoms in total. The summed E-state index contributed by atoms with van der Waals surface area (Å²) in [6.07, 6.45) is 5.32. The fraction of sp³-hybridized carbons (Fsp3) is 0.149. The Bertz CT molecular complexity index is 2500. The van der Waals surface area contributed by atoms with Crippen molar-refractivity contribution in [3.63, 3.8) is 0 Å². The molecule has 7 heterocycles. The minimum atomic E-state index is -0.379. The number of nitrogens with one attached hydrogen (secondary N) is 4. The number of aromatic nitrogens is 5. The summed E-state index contributed by atoms with van der Waals surface area (Å²) >= 11 is 0. The van der Waals surface area contributed by atoms with E-state index in [0.717, 1.165) is 33.6 Å². The Hall–Kier alpha value is -7.84. The number of hydrogen-bond acceptors (Lipinski definition) is 9. The van der Waals surface area contributed by atoms with Gasteiger partial charge in [0.05, 0.1) is 29.0 Å². The van der Waals surface area contributed by atoms with Gasteiger partial charge in [0, 0.05) is 80.5 Å². The van der Waals surface area contributed by atoms with E-state index < -0.39 is 0 Å². The molecule has 0 aliphatic carbocycles. The summed E-state index contributed by atoms with van der Waals surface area (Å²) < 4.78 is 1.56. The second kappa shape index (κ2) is 18.8. The first-order chi connectivity index (χ1) is 29.8. The van der Waals surface area contributed by atoms with Crippen LogP contribution in [0.5, 0.6) is 0 Å². The molecule has 304 valence electrons. The summed E-state index contributed by atoms with van der Waals surface area (Å²) in [6, 6.07) is 38.1. The summed E-state index contributed by atoms with van der Waals surface area (Å²) in [4.78, 5) is 64.7. The van der Waals surface area contributed by atoms with Crippen molar-refractivity contribution in [1.29, 1.82) is 0 Å². The molecule has 14 heteroatoms. The van der Waals surface area contributed by atoms with E-state index in [0.29, 0.717) is 42.1 Å². The van der Waals surface area contributed by atoms with Crippen LogP contribution >= 0.6 is 0 Å². The largest absolute Gasteiger partial charge is 0.348 e. The number of nitrogens with zero attached hydrogens (tertiary/aromatic N) is 6. The van der Waals surface area contributed by atoms with Crippen LogP contribution in [-0.2, 0) is 45.8 Å². The van der Waals surface area contributed by atoms with E-state index in [-0.39, 0.29) is 60.9 Å². The van der Waals surface area contributed by atoms with Crippen molar-refractivity contribution in [2.24, 2.45) is 0 Å². The lowest BCUT2D eigenvalue weighted by atomic mass is 10.1. The topological polar surface area (TPSA) is 176 Å². The quantitative estimate of drug-likeness (QED) is 0.167. The van der Waals surface area contributed by atoms with E-state index >= 15 is 0 Å². The molecule has 3 aromatic heterocycles. The monoisotopic (exact) mass is 810 g/mol. The smallest absolute Gasteiger partial charge is 0.251 e. The zero-order chi connectivity index (χ0) is 42.0. The highest BCUT2D eigenvalue weighted by Gasteiger charge is 2.18. The van der Waals surface area contributed by atoms with Crippen LogP contribution in [0.3, 0.4) is 0 Å². The Morgan fingerprint density at radius 1 is 0.459 bits per heavy atom. The highest BCUT2D eigenvalue weighted by molar-refractivity contribution is 6.01. The van der Waals surface area contributed by atoms with Gasteiger partial charge in [0.25, 0.3) is 23.6 Å². The van der Waals surface area contributed by atoms with Crippen molar-refractivity contribution in [2.75, 3.05) is 0 Å². The lowest BCUT2D eigenvalue weighted by Gasteiger charge is -2.20. The number of pyridine rings is 2. The fourth-order valence-electron chi connectivity index (χ4n) is 6.83. The predicted octanol–water partition coefficient (Wildman–Crippen LogP) is 5.29. The van der Waals surface area contributed by atoms with Gasteiger partial charge in [-0.3, -0.25) is 34.0 Å². The molecule has 0 spiro atoms. The third-order valence-electron chi connectivity index (χ3n) is 10.1. The average Bonchev–Trinajstić information content (AvgIpc) is 3.77. The second-order valence-corrected chi connectivity index (χ2v) is 14.7. The SMILES string of the molecule is O=C1NCc2ccc(cc2)CNC(=O)c2cc(cc(-n3cc(CN(Cc4ccccn4)Cc4ccccn4)nn3)c2)C(=O)NCc2ccc(cc2)CNC(=O)c2cccc1c2. The molecule has 0 saturated heterocycles. The summed E-state index contributed by atoms with van der Waals surface area (Å²) in [7, 11) is 0. The maximum Gasteiger partial charge on any atom is 0.251 e. The highest BCUT2D eigenvalue weighted by Crippen LogP contribution is 2.18. The van der Waals surface area contributed by atoms with Gasteiger partial charge in [0.15, 0.2) is 0 Å². The van der Waals surface area contributed by atoms with Crippen molar-refractivity contribution in [2.45, 2.75) is 45.8 Å². The molecule has 0 unspecified atom stereocenters. The third kappa shape index (κ3) is 10.6. The minimum Gasteiger partial charge on any atom is -0.348 e. The number of hydrogen-bond donors (Lipinski definition) is 4. The average molecular weight is 811 g/mol. The van der Waals surface area contributed by atoms with Crippen molar-refractivity contribution < 1.29 is 19.2 Å². The van der Waals surface area contributed by atoms with Gasteiger partial charge in [0.2, 0.25) is 0 Å². The molecule has 11 rings (SSSR count). The van der Waals surface area contributed by atoms with Crippen molar-refractivity contribution in [1.82, 2.24) is 51.1 Å². The third-order valence-corrected chi connectivity index (χ3v) is 10.1. The van der Waals surface area contributed by atoms with Gasteiger partial charge in [-0.25, -0.2) is 4.68 Å². The molecule has 8 bridgehead atoms. The van der Waals surface area contributed by atoms with Crippen LogP contribution in [-0.4, -0.2) is 53.5 Å². The molecule has 4 aliphatic heterocycles. The van der Waals surface area contributed by atoms with Crippen LogP contribution < -0.4 is 21.3 Å². The first kappa shape index (κ1) is 40.0. The normalized spacial score (nSPS) is 13.7. The van der Waals surface area contributed by atoms with E-state index in [1.807, 2.05) is 84.9 Å². The molecule has 4 aliphatic rings. The molecule has 4 N–H and O–H groups in total. The number of rotatable bonds is 7. The van der Waals surface area contributed by atoms with Crippen LogP contribution in [0.4, 0.5) is 0 Å². The Morgan fingerprint density at radius 2 is 0.869 bits per heavy atom. The van der Waals surface area contributed by atoms with Gasteiger partial charge in [-0.05, 0) is 82.9 Å². The Labute approximate surface area is 352 Å². The molecule has 0 fully saturated rings. The van der Waals surface area contributed by atoms with Crippen LogP contribution in [0.25, 0.3) is 5.69 Å². The van der Waals surface area contributed by atoms with Crippen molar-refractivity contribution >= 4 is 23.6 Å². The highest BCUT2D eigenvalue weighted by atomic mass is 16.2. The standard InChI is InChI=1S/C47H42N10O4/c58-44-36-6-5-7-37(20-36)45(59)51-25-33-12-16-35(17-13-33)27-53-47(61)39-21-38(46(60)52-26-34-14-10-32(11-15-34)24-50-44)22-43(23-39)57-31-42(54-55-57)30-56(28-40-8-1-3-18-48-40)29-41-9-2-4-19-49-41/h1-23,31H,24-30H2,(H,50,58)(H,51,59)(H,52,60)(H,53,61). The molecule has 61 heavy (non-hydrogen) atoms. The molecule has 0 atom stereocenters. The van der Waals surface area contributed by atoms with E-state index in [1.165, 1.54) is 0 Å². The number of carbonyl (C=O) groups is 4. The lowest BCUT2D eigenvalue weighted by molar-refractivity contribution is 0.0935. The van der Waals surface area contributed by atoms with Gasteiger partial charge in [-0.1, -0.05) is 71.9 Å². The summed E-state index contributed by atoms with van der Waals surface area (Å²) in [5, 5.41) is 20.7. The van der Waals surface area contributed by atoms with Gasteiger partial charge in [0.1, 0.15) is 0 Å². The summed E-state index contributed by atoms with van der Waals surface area (Å²) in [5.74, 6) is -1.37. The van der Waals surface area contributed by atoms with Crippen LogP contribution in [0.1, 0.15) is 80.8 Å². The maximum atomic E-state index is 13.8. The molecular formula is C47H42N10O4. The Balaban J connectivity index is 1.05. The van der Waals surface area contributed by atoms with Gasteiger partial charge >= 0.3 is 0 Å². The number of amides is 4. The Morgan fingerprint density at radius 3 is 1.30 bits per heavy atom. The lowest BCUT2D eigenvalue weighted by Crippen LogP contribution is -2.26. The van der Waals surface area contributed by atoms with Crippen molar-refractivity contribution in [3.8, 4) is 5.69 Å². The first-order valence-corrected chi connectivity index (χ1v) is 19.8.